The van der Waals surface area contributed by atoms with Crippen molar-refractivity contribution in [3.8, 4) is 5.75 Å². The summed E-state index contributed by atoms with van der Waals surface area (Å²) < 4.78 is 0. The van der Waals surface area contributed by atoms with Crippen LogP contribution in [0.3, 0.4) is 0 Å². The number of nitrogens with two attached hydrogens (primary N) is 2. The van der Waals surface area contributed by atoms with Crippen molar-refractivity contribution in [1.29, 1.82) is 5.41 Å². The lowest BCUT2D eigenvalue weighted by atomic mass is 10.0. The second-order valence-electron chi connectivity index (χ2n) is 8.82. The zero-order valence-corrected chi connectivity index (χ0v) is 20.7. The van der Waals surface area contributed by atoms with E-state index in [0.717, 1.165) is 0 Å². The van der Waals surface area contributed by atoms with E-state index in [9.17, 15) is 14.7 Å². The molecule has 0 spiro atoms. The van der Waals surface area contributed by atoms with Gasteiger partial charge < -0.3 is 21.5 Å². The van der Waals surface area contributed by atoms with Crippen molar-refractivity contribution >= 4 is 29.1 Å². The summed E-state index contributed by atoms with van der Waals surface area (Å²) in [4.78, 5) is 30.3. The Morgan fingerprint density at radius 2 is 1.34 bits per heavy atom. The number of para-hydroxylation sites is 2. The molecule has 38 heavy (non-hydrogen) atoms. The number of urea groups is 1. The van der Waals surface area contributed by atoms with Gasteiger partial charge in [-0.3, -0.25) is 15.1 Å². The second kappa shape index (κ2) is 11.7. The molecule has 6 N–H and O–H groups in total. The van der Waals surface area contributed by atoms with Gasteiger partial charge in [0.25, 0.3) is 0 Å². The van der Waals surface area contributed by atoms with Gasteiger partial charge in [0.15, 0.2) is 0 Å². The topological polar surface area (TPSA) is 137 Å². The minimum absolute atomic E-state index is 0.0648. The minimum atomic E-state index is -1.02. The number of phenolic OH excluding ortho intramolecular Hbond substituents is 1. The van der Waals surface area contributed by atoms with E-state index in [4.69, 9.17) is 16.9 Å². The molecule has 192 valence electrons. The Morgan fingerprint density at radius 3 is 1.87 bits per heavy atom. The van der Waals surface area contributed by atoms with Crippen LogP contribution in [0.2, 0.25) is 0 Å². The SMILES string of the molecule is N=C(N)c1cccc(C[C@H](C(N)=O)N(Cc2ccc(O)cc2)C(=O)N(c2ccccc2)c2ccccc2)c1. The smallest absolute Gasteiger partial charge is 0.330 e. The molecule has 0 aliphatic carbocycles. The Balaban J connectivity index is 1.79. The predicted octanol–water partition coefficient (Wildman–Crippen LogP) is 4.53. The van der Waals surface area contributed by atoms with Gasteiger partial charge >= 0.3 is 6.03 Å². The highest BCUT2D eigenvalue weighted by molar-refractivity contribution is 6.01. The number of amidine groups is 1. The molecule has 3 amide bonds. The monoisotopic (exact) mass is 507 g/mol. The summed E-state index contributed by atoms with van der Waals surface area (Å²) in [6.45, 7) is 0.0648. The Morgan fingerprint density at radius 1 is 0.763 bits per heavy atom. The van der Waals surface area contributed by atoms with Crippen LogP contribution in [0.15, 0.2) is 109 Å². The largest absolute Gasteiger partial charge is 0.508 e. The van der Waals surface area contributed by atoms with Gasteiger partial charge in [-0.05, 0) is 53.6 Å². The first-order chi connectivity index (χ1) is 18.3. The molecule has 0 aliphatic heterocycles. The number of phenols is 1. The number of rotatable bonds is 9. The van der Waals surface area contributed by atoms with E-state index in [1.165, 1.54) is 17.0 Å². The van der Waals surface area contributed by atoms with Crippen molar-refractivity contribution in [2.75, 3.05) is 4.90 Å². The second-order valence-corrected chi connectivity index (χ2v) is 8.82. The molecular weight excluding hydrogens is 478 g/mol. The lowest BCUT2D eigenvalue weighted by molar-refractivity contribution is -0.122. The van der Waals surface area contributed by atoms with E-state index < -0.39 is 18.0 Å². The number of anilines is 2. The van der Waals surface area contributed by atoms with Crippen molar-refractivity contribution in [2.45, 2.75) is 19.0 Å². The molecule has 0 radical (unpaired) electrons. The predicted molar refractivity (Wildman–Crippen MR) is 148 cm³/mol. The van der Waals surface area contributed by atoms with Gasteiger partial charge in [-0.1, -0.05) is 66.7 Å². The van der Waals surface area contributed by atoms with Crippen molar-refractivity contribution in [3.05, 3.63) is 126 Å². The molecule has 0 heterocycles. The van der Waals surface area contributed by atoms with Crippen LogP contribution >= 0.6 is 0 Å². The van der Waals surface area contributed by atoms with Gasteiger partial charge in [-0.2, -0.15) is 0 Å². The van der Waals surface area contributed by atoms with Crippen molar-refractivity contribution in [3.63, 3.8) is 0 Å². The van der Waals surface area contributed by atoms with Gasteiger partial charge in [0.05, 0.1) is 11.4 Å². The molecule has 0 bridgehead atoms. The lowest BCUT2D eigenvalue weighted by Gasteiger charge is -2.35. The third-order valence-corrected chi connectivity index (χ3v) is 6.13. The molecule has 0 saturated carbocycles. The Labute approximate surface area is 221 Å². The third kappa shape index (κ3) is 6.17. The van der Waals surface area contributed by atoms with Crippen LogP contribution in [0.1, 0.15) is 16.7 Å². The lowest BCUT2D eigenvalue weighted by Crippen LogP contribution is -2.52. The fraction of sp³-hybridized carbons (Fsp3) is 0.100. The van der Waals surface area contributed by atoms with Crippen molar-refractivity contribution < 1.29 is 14.7 Å². The van der Waals surface area contributed by atoms with Gasteiger partial charge in [-0.25, -0.2) is 4.79 Å². The van der Waals surface area contributed by atoms with Crippen LogP contribution in [0.5, 0.6) is 5.75 Å². The minimum Gasteiger partial charge on any atom is -0.508 e. The van der Waals surface area contributed by atoms with E-state index in [0.29, 0.717) is 28.1 Å². The summed E-state index contributed by atoms with van der Waals surface area (Å²) in [6.07, 6.45) is 0.123. The van der Waals surface area contributed by atoms with Crippen LogP contribution in [-0.4, -0.2) is 33.8 Å². The molecule has 8 heteroatoms. The Bertz CT molecular complexity index is 1370. The molecule has 0 aliphatic rings. The average molecular weight is 508 g/mol. The number of nitrogens with zero attached hydrogens (tertiary/aromatic N) is 2. The van der Waals surface area contributed by atoms with Crippen molar-refractivity contribution in [2.24, 2.45) is 11.5 Å². The highest BCUT2D eigenvalue weighted by Crippen LogP contribution is 2.29. The van der Waals surface area contributed by atoms with Gasteiger partial charge in [-0.15, -0.1) is 0 Å². The molecule has 0 unspecified atom stereocenters. The molecule has 4 aromatic carbocycles. The quantitative estimate of drug-likeness (QED) is 0.195. The summed E-state index contributed by atoms with van der Waals surface area (Å²) in [5.74, 6) is -0.681. The Kier molecular flexibility index (Phi) is 8.03. The summed E-state index contributed by atoms with van der Waals surface area (Å²) in [7, 11) is 0. The summed E-state index contributed by atoms with van der Waals surface area (Å²) in [5.41, 5.74) is 14.8. The fourth-order valence-corrected chi connectivity index (χ4v) is 4.22. The third-order valence-electron chi connectivity index (χ3n) is 6.13. The van der Waals surface area contributed by atoms with Gasteiger partial charge in [0, 0.05) is 18.5 Å². The van der Waals surface area contributed by atoms with Crippen LogP contribution < -0.4 is 16.4 Å². The highest BCUT2D eigenvalue weighted by atomic mass is 16.3. The molecule has 1 atom stereocenters. The molecule has 0 fully saturated rings. The molecule has 4 rings (SSSR count). The number of nitrogen functional groups attached to an aromatic ring is 1. The van der Waals surface area contributed by atoms with Crippen LogP contribution in [-0.2, 0) is 17.8 Å². The van der Waals surface area contributed by atoms with E-state index in [-0.39, 0.29) is 24.6 Å². The maximum Gasteiger partial charge on any atom is 0.330 e. The number of aromatic hydroxyl groups is 1. The summed E-state index contributed by atoms with van der Waals surface area (Å²) in [6, 6.07) is 30.3. The first-order valence-corrected chi connectivity index (χ1v) is 12.0. The molecule has 0 saturated heterocycles. The van der Waals surface area contributed by atoms with Gasteiger partial charge in [0.1, 0.15) is 17.6 Å². The number of nitrogens with one attached hydrogen (secondary N) is 1. The van der Waals surface area contributed by atoms with E-state index in [2.05, 4.69) is 0 Å². The average Bonchev–Trinajstić information content (AvgIpc) is 2.93. The van der Waals surface area contributed by atoms with Crippen LogP contribution in [0.25, 0.3) is 0 Å². The maximum atomic E-state index is 14.4. The van der Waals surface area contributed by atoms with E-state index in [1.807, 2.05) is 60.7 Å². The van der Waals surface area contributed by atoms with Crippen LogP contribution in [0, 0.1) is 5.41 Å². The first-order valence-electron chi connectivity index (χ1n) is 12.0. The number of carbonyl (C=O) groups excluding carboxylic acids is 2. The van der Waals surface area contributed by atoms with Gasteiger partial charge in [0.2, 0.25) is 5.91 Å². The standard InChI is InChI=1S/C30H29N5O3/c31-28(32)23-9-7-8-22(18-23)19-27(29(33)37)34(20-21-14-16-26(36)17-15-21)30(38)35(24-10-3-1-4-11-24)25-12-5-2-6-13-25/h1-18,27,36H,19-20H2,(H3,31,32)(H2,33,37)/t27-/m1/s1. The number of primary amides is 1. The first kappa shape index (κ1) is 26.0. The number of carbonyl (C=O) groups is 2. The van der Waals surface area contributed by atoms with Crippen LogP contribution in [0.4, 0.5) is 16.2 Å². The van der Waals surface area contributed by atoms with Crippen molar-refractivity contribution in [1.82, 2.24) is 4.90 Å². The van der Waals surface area contributed by atoms with E-state index in [1.54, 1.807) is 41.3 Å². The highest BCUT2D eigenvalue weighted by Gasteiger charge is 2.33. The number of amides is 3. The Hall–Kier alpha value is -5.11. The normalized spacial score (nSPS) is 11.4. The maximum absolute atomic E-state index is 14.4. The molecule has 0 aromatic heterocycles. The molecular formula is C30H29N5O3. The zero-order chi connectivity index (χ0) is 27.1. The summed E-state index contributed by atoms with van der Waals surface area (Å²) in [5, 5.41) is 17.5. The summed E-state index contributed by atoms with van der Waals surface area (Å²) >= 11 is 0. The zero-order valence-electron chi connectivity index (χ0n) is 20.7. The fourth-order valence-electron chi connectivity index (χ4n) is 4.22. The van der Waals surface area contributed by atoms with E-state index >= 15 is 0 Å². The molecule has 8 nitrogen and oxygen atoms in total. The molecule has 4 aromatic rings. The number of hydrogen-bond acceptors (Lipinski definition) is 4. The number of hydrogen-bond donors (Lipinski definition) is 4. The number of benzene rings is 4.